The van der Waals surface area contributed by atoms with E-state index in [0.717, 1.165) is 9.35 Å². The van der Waals surface area contributed by atoms with Gasteiger partial charge in [-0.25, -0.2) is 4.79 Å². The summed E-state index contributed by atoms with van der Waals surface area (Å²) in [4.78, 5) is 23.4. The number of amides is 1. The minimum atomic E-state index is -1.14. The van der Waals surface area contributed by atoms with E-state index in [-0.39, 0.29) is 21.7 Å². The van der Waals surface area contributed by atoms with Crippen LogP contribution in [0.1, 0.15) is 28.7 Å². The zero-order valence-electron chi connectivity index (χ0n) is 12.4. The third-order valence-electron chi connectivity index (χ3n) is 2.88. The fraction of sp³-hybridized carbons (Fsp3) is 0.286. The number of nitrogens with zero attached hydrogens (tertiary/aromatic N) is 2. The van der Waals surface area contributed by atoms with Gasteiger partial charge in [0, 0.05) is 5.69 Å². The molecular formula is C14H14ClN3O3S2. The summed E-state index contributed by atoms with van der Waals surface area (Å²) in [6, 6.07) is 4.36. The Morgan fingerprint density at radius 2 is 2.17 bits per heavy atom. The highest BCUT2D eigenvalue weighted by Crippen LogP contribution is 2.29. The molecule has 0 spiro atoms. The summed E-state index contributed by atoms with van der Waals surface area (Å²) in [5, 5.41) is 20.3. The number of rotatable bonds is 6. The van der Waals surface area contributed by atoms with Gasteiger partial charge in [0.2, 0.25) is 5.91 Å². The number of hydrogen-bond donors (Lipinski definition) is 2. The van der Waals surface area contributed by atoms with Crippen molar-refractivity contribution in [2.24, 2.45) is 0 Å². The number of halogens is 1. The molecule has 1 heterocycles. The van der Waals surface area contributed by atoms with Crippen LogP contribution in [0.4, 0.5) is 5.69 Å². The van der Waals surface area contributed by atoms with Gasteiger partial charge in [-0.2, -0.15) is 0 Å². The van der Waals surface area contributed by atoms with Crippen LogP contribution in [0.3, 0.4) is 0 Å². The van der Waals surface area contributed by atoms with E-state index in [1.165, 1.54) is 35.2 Å². The first-order chi connectivity index (χ1) is 10.9. The molecular weight excluding hydrogens is 358 g/mol. The van der Waals surface area contributed by atoms with Crippen LogP contribution in [0, 0.1) is 6.92 Å². The van der Waals surface area contributed by atoms with Crippen LogP contribution in [-0.4, -0.2) is 32.4 Å². The molecule has 0 aliphatic carbocycles. The van der Waals surface area contributed by atoms with Crippen molar-refractivity contribution in [1.82, 2.24) is 10.2 Å². The van der Waals surface area contributed by atoms with E-state index in [1.807, 2.05) is 13.8 Å². The van der Waals surface area contributed by atoms with Gasteiger partial charge in [-0.15, -0.1) is 10.2 Å². The second kappa shape index (κ2) is 7.76. The van der Waals surface area contributed by atoms with Crippen molar-refractivity contribution in [1.29, 1.82) is 0 Å². The molecule has 1 amide bonds. The van der Waals surface area contributed by atoms with Crippen LogP contribution in [-0.2, 0) is 4.79 Å². The lowest BCUT2D eigenvalue weighted by molar-refractivity contribution is -0.115. The molecule has 122 valence electrons. The number of nitrogens with one attached hydrogen (secondary N) is 1. The third kappa shape index (κ3) is 4.66. The quantitative estimate of drug-likeness (QED) is 0.752. The van der Waals surface area contributed by atoms with Crippen molar-refractivity contribution >= 4 is 52.3 Å². The zero-order valence-corrected chi connectivity index (χ0v) is 14.8. The molecule has 2 N–H and O–H groups in total. The summed E-state index contributed by atoms with van der Waals surface area (Å²) in [6.45, 7) is 3.75. The van der Waals surface area contributed by atoms with E-state index >= 15 is 0 Å². The van der Waals surface area contributed by atoms with Gasteiger partial charge >= 0.3 is 5.97 Å². The molecule has 1 unspecified atom stereocenters. The van der Waals surface area contributed by atoms with Crippen LogP contribution < -0.4 is 5.32 Å². The predicted octanol–water partition coefficient (Wildman–Crippen LogP) is 3.71. The third-order valence-corrected chi connectivity index (χ3v) is 5.49. The lowest BCUT2D eigenvalue weighted by atomic mass is 10.2. The smallest absolute Gasteiger partial charge is 0.337 e. The molecule has 2 rings (SSSR count). The van der Waals surface area contributed by atoms with Crippen molar-refractivity contribution < 1.29 is 14.7 Å². The van der Waals surface area contributed by atoms with Crippen molar-refractivity contribution in [3.63, 3.8) is 0 Å². The van der Waals surface area contributed by atoms with Gasteiger partial charge in [0.05, 0.1) is 15.8 Å². The molecule has 0 saturated carbocycles. The van der Waals surface area contributed by atoms with Gasteiger partial charge in [-0.05, 0) is 31.5 Å². The molecule has 0 radical (unpaired) electrons. The maximum absolute atomic E-state index is 12.4. The number of aryl methyl sites for hydroxylation is 1. The maximum atomic E-state index is 12.4. The highest BCUT2D eigenvalue weighted by Gasteiger charge is 2.20. The Balaban J connectivity index is 2.10. The van der Waals surface area contributed by atoms with Crippen LogP contribution in [0.5, 0.6) is 0 Å². The monoisotopic (exact) mass is 371 g/mol. The summed E-state index contributed by atoms with van der Waals surface area (Å²) >= 11 is 8.59. The lowest BCUT2D eigenvalue weighted by Crippen LogP contribution is -2.24. The molecule has 1 atom stereocenters. The zero-order chi connectivity index (χ0) is 17.0. The van der Waals surface area contributed by atoms with Crippen LogP contribution in [0.15, 0.2) is 22.5 Å². The number of aromatic carboxylic acids is 1. The standard InChI is InChI=1S/C14H14ClN3O3S2/c1-3-11(23-14-18-17-7(2)22-14)12(19)16-8-4-5-10(15)9(6-8)13(20)21/h4-6,11H,3H2,1-2H3,(H,16,19)(H,20,21). The number of carbonyl (C=O) groups excluding carboxylic acids is 1. The lowest BCUT2D eigenvalue weighted by Gasteiger charge is -2.13. The van der Waals surface area contributed by atoms with E-state index < -0.39 is 5.97 Å². The van der Waals surface area contributed by atoms with Crippen LogP contribution in [0.25, 0.3) is 0 Å². The average Bonchev–Trinajstić information content (AvgIpc) is 2.91. The van der Waals surface area contributed by atoms with Gasteiger partial charge in [0.25, 0.3) is 0 Å². The van der Waals surface area contributed by atoms with E-state index in [2.05, 4.69) is 15.5 Å². The molecule has 0 saturated heterocycles. The molecule has 1 aromatic heterocycles. The Labute approximate surface area is 146 Å². The number of aromatic nitrogens is 2. The highest BCUT2D eigenvalue weighted by atomic mass is 35.5. The summed E-state index contributed by atoms with van der Waals surface area (Å²) < 4.78 is 0.729. The van der Waals surface area contributed by atoms with Crippen molar-refractivity contribution in [2.75, 3.05) is 5.32 Å². The number of carboxylic acids is 1. The van der Waals surface area contributed by atoms with Gasteiger partial charge in [0.15, 0.2) is 4.34 Å². The first-order valence-corrected chi connectivity index (χ1v) is 8.78. The fourth-order valence-electron chi connectivity index (χ4n) is 1.76. The number of benzene rings is 1. The van der Waals surface area contributed by atoms with Crippen molar-refractivity contribution in [3.8, 4) is 0 Å². The Hall–Kier alpha value is -1.64. The summed E-state index contributed by atoms with van der Waals surface area (Å²) in [6.07, 6.45) is 0.606. The van der Waals surface area contributed by atoms with Gasteiger partial charge in [-0.3, -0.25) is 4.79 Å². The Morgan fingerprint density at radius 1 is 1.43 bits per heavy atom. The minimum absolute atomic E-state index is 0.0510. The second-order valence-electron chi connectivity index (χ2n) is 4.59. The first kappa shape index (κ1) is 17.7. The molecule has 0 aliphatic heterocycles. The largest absolute Gasteiger partial charge is 0.478 e. The van der Waals surface area contributed by atoms with Crippen LogP contribution in [0.2, 0.25) is 5.02 Å². The number of carbonyl (C=O) groups is 2. The number of anilines is 1. The Kier molecular flexibility index (Phi) is 5.97. The number of carboxylic acid groups (broad SMARTS) is 1. The summed E-state index contributed by atoms with van der Waals surface area (Å²) in [7, 11) is 0. The van der Waals surface area contributed by atoms with Crippen molar-refractivity contribution in [2.45, 2.75) is 29.9 Å². The minimum Gasteiger partial charge on any atom is -0.478 e. The van der Waals surface area contributed by atoms with E-state index in [0.29, 0.717) is 12.1 Å². The predicted molar refractivity (Wildman–Crippen MR) is 91.6 cm³/mol. The topological polar surface area (TPSA) is 92.2 Å². The molecule has 0 fully saturated rings. The molecule has 9 heteroatoms. The summed E-state index contributed by atoms with van der Waals surface area (Å²) in [5.74, 6) is -1.36. The van der Waals surface area contributed by atoms with Crippen molar-refractivity contribution in [3.05, 3.63) is 33.8 Å². The molecule has 0 aliphatic rings. The molecule has 6 nitrogen and oxygen atoms in total. The van der Waals surface area contributed by atoms with Gasteiger partial charge < -0.3 is 10.4 Å². The second-order valence-corrected chi connectivity index (χ2v) is 7.63. The maximum Gasteiger partial charge on any atom is 0.337 e. The molecule has 0 bridgehead atoms. The average molecular weight is 372 g/mol. The Bertz CT molecular complexity index is 736. The molecule has 23 heavy (non-hydrogen) atoms. The fourth-order valence-corrected chi connectivity index (χ4v) is 3.94. The Morgan fingerprint density at radius 3 is 2.74 bits per heavy atom. The van der Waals surface area contributed by atoms with E-state index in [4.69, 9.17) is 16.7 Å². The van der Waals surface area contributed by atoms with E-state index in [1.54, 1.807) is 6.07 Å². The van der Waals surface area contributed by atoms with Gasteiger partial charge in [-0.1, -0.05) is 41.6 Å². The highest BCUT2D eigenvalue weighted by molar-refractivity contribution is 8.02. The molecule has 2 aromatic rings. The normalized spacial score (nSPS) is 12.0. The molecule has 1 aromatic carbocycles. The van der Waals surface area contributed by atoms with Crippen LogP contribution >= 0.6 is 34.7 Å². The number of hydrogen-bond acceptors (Lipinski definition) is 6. The van der Waals surface area contributed by atoms with E-state index in [9.17, 15) is 9.59 Å². The van der Waals surface area contributed by atoms with Gasteiger partial charge in [0.1, 0.15) is 5.01 Å². The SMILES string of the molecule is CCC(Sc1nnc(C)s1)C(=O)Nc1ccc(Cl)c(C(=O)O)c1. The number of thioether (sulfide) groups is 1. The first-order valence-electron chi connectivity index (χ1n) is 6.71. The summed E-state index contributed by atoms with van der Waals surface area (Å²) in [5.41, 5.74) is 0.342.